The van der Waals surface area contributed by atoms with Crippen molar-refractivity contribution in [1.29, 1.82) is 0 Å². The van der Waals surface area contributed by atoms with Crippen LogP contribution in [0.4, 0.5) is 5.95 Å². The first-order valence-corrected chi connectivity index (χ1v) is 7.28. The molecule has 1 aromatic carbocycles. The van der Waals surface area contributed by atoms with Crippen molar-refractivity contribution in [3.63, 3.8) is 0 Å². The van der Waals surface area contributed by atoms with Crippen LogP contribution < -0.4 is 5.73 Å². The topological polar surface area (TPSA) is 56.7 Å². The molecule has 0 spiro atoms. The van der Waals surface area contributed by atoms with Crippen molar-refractivity contribution < 1.29 is 0 Å². The lowest BCUT2D eigenvalue weighted by Crippen LogP contribution is -2.10. The molecule has 0 aliphatic rings. The highest BCUT2D eigenvalue weighted by Crippen LogP contribution is 2.28. The molecule has 0 fully saturated rings. The molecule has 0 saturated heterocycles. The molecule has 0 bridgehead atoms. The second kappa shape index (κ2) is 5.07. The van der Waals surface area contributed by atoms with Crippen LogP contribution in [0.5, 0.6) is 0 Å². The molecule has 2 heterocycles. The molecule has 102 valence electrons. The van der Waals surface area contributed by atoms with Crippen molar-refractivity contribution in [2.45, 2.75) is 13.0 Å². The predicted molar refractivity (Wildman–Crippen MR) is 84.9 cm³/mol. The number of fused-ring (bicyclic) bond motifs is 1. The van der Waals surface area contributed by atoms with Gasteiger partial charge < -0.3 is 5.73 Å². The van der Waals surface area contributed by atoms with E-state index in [9.17, 15) is 0 Å². The maximum atomic E-state index is 6.04. The molecule has 0 radical (unpaired) electrons. The van der Waals surface area contributed by atoms with Crippen molar-refractivity contribution in [3.8, 4) is 0 Å². The second-order valence-electron chi connectivity index (χ2n) is 4.57. The lowest BCUT2D eigenvalue weighted by atomic mass is 10.1. The fraction of sp³-hybridized carbons (Fsp3) is 0.143. The van der Waals surface area contributed by atoms with E-state index in [0.717, 1.165) is 15.7 Å². The van der Waals surface area contributed by atoms with E-state index in [4.69, 9.17) is 17.3 Å². The summed E-state index contributed by atoms with van der Waals surface area (Å²) in [6.45, 7) is 2.07. The number of nitrogens with two attached hydrogens (primary N) is 1. The molecule has 0 amide bonds. The van der Waals surface area contributed by atoms with E-state index in [2.05, 4.69) is 45.0 Å². The molecule has 1 atom stereocenters. The number of benzene rings is 1. The summed E-state index contributed by atoms with van der Waals surface area (Å²) in [5.74, 6) is 0.433. The van der Waals surface area contributed by atoms with Crippen LogP contribution in [0.15, 0.2) is 41.0 Å². The number of rotatable bonds is 2. The van der Waals surface area contributed by atoms with Crippen molar-refractivity contribution in [2.75, 3.05) is 5.73 Å². The van der Waals surface area contributed by atoms with Crippen LogP contribution in [0.1, 0.15) is 18.5 Å². The minimum Gasteiger partial charge on any atom is -0.369 e. The molecule has 1 unspecified atom stereocenters. The van der Waals surface area contributed by atoms with Gasteiger partial charge in [-0.15, -0.1) is 0 Å². The minimum absolute atomic E-state index is 0.0335. The fourth-order valence-corrected chi connectivity index (χ4v) is 2.84. The highest BCUT2D eigenvalue weighted by Gasteiger charge is 2.17. The molecule has 0 saturated carbocycles. The number of hydrogen-bond acceptors (Lipinski definition) is 3. The first-order chi connectivity index (χ1) is 9.56. The van der Waals surface area contributed by atoms with Crippen molar-refractivity contribution in [3.05, 3.63) is 51.6 Å². The van der Waals surface area contributed by atoms with Crippen LogP contribution in [0.2, 0.25) is 5.02 Å². The van der Waals surface area contributed by atoms with Crippen LogP contribution >= 0.6 is 27.5 Å². The van der Waals surface area contributed by atoms with E-state index >= 15 is 0 Å². The number of hydrogen-bond donors (Lipinski definition) is 1. The maximum Gasteiger partial charge on any atom is 0.203 e. The van der Waals surface area contributed by atoms with Gasteiger partial charge in [0.1, 0.15) is 5.52 Å². The first kappa shape index (κ1) is 13.4. The number of aromatic nitrogens is 3. The Kier molecular flexibility index (Phi) is 3.40. The van der Waals surface area contributed by atoms with Crippen LogP contribution in [-0.4, -0.2) is 14.5 Å². The predicted octanol–water partition coefficient (Wildman–Crippen LogP) is 4.04. The van der Waals surface area contributed by atoms with Crippen LogP contribution in [0, 0.1) is 0 Å². The smallest absolute Gasteiger partial charge is 0.203 e. The summed E-state index contributed by atoms with van der Waals surface area (Å²) in [5.41, 5.74) is 8.60. The van der Waals surface area contributed by atoms with Crippen LogP contribution in [0.25, 0.3) is 11.2 Å². The van der Waals surface area contributed by atoms with Crippen molar-refractivity contribution >= 4 is 44.6 Å². The van der Waals surface area contributed by atoms with E-state index in [1.165, 1.54) is 0 Å². The summed E-state index contributed by atoms with van der Waals surface area (Å²) in [5, 5.41) is 0.553. The van der Waals surface area contributed by atoms with Gasteiger partial charge in [-0.25, -0.2) is 9.97 Å². The van der Waals surface area contributed by atoms with Gasteiger partial charge >= 0.3 is 0 Å². The molecule has 3 aromatic rings. The molecule has 2 N–H and O–H groups in total. The minimum atomic E-state index is 0.0335. The Labute approximate surface area is 129 Å². The molecule has 0 aliphatic carbocycles. The van der Waals surface area contributed by atoms with Crippen molar-refractivity contribution in [1.82, 2.24) is 14.5 Å². The van der Waals surface area contributed by atoms with Crippen LogP contribution in [0.3, 0.4) is 0 Å². The Balaban J connectivity index is 2.16. The summed E-state index contributed by atoms with van der Waals surface area (Å²) in [6.07, 6.45) is 1.61. The average molecular weight is 352 g/mol. The zero-order valence-corrected chi connectivity index (χ0v) is 13.1. The molecule has 4 nitrogen and oxygen atoms in total. The number of nitrogens with zero attached hydrogens (tertiary/aromatic N) is 3. The zero-order chi connectivity index (χ0) is 14.3. The van der Waals surface area contributed by atoms with E-state index < -0.39 is 0 Å². The van der Waals surface area contributed by atoms with Gasteiger partial charge in [0.2, 0.25) is 5.95 Å². The Morgan fingerprint density at radius 1 is 1.35 bits per heavy atom. The summed E-state index contributed by atoms with van der Waals surface area (Å²) >= 11 is 9.42. The van der Waals surface area contributed by atoms with Gasteiger partial charge in [-0.3, -0.25) is 4.57 Å². The number of pyridine rings is 1. The zero-order valence-electron chi connectivity index (χ0n) is 10.7. The first-order valence-electron chi connectivity index (χ1n) is 6.10. The van der Waals surface area contributed by atoms with Gasteiger partial charge in [0.05, 0.1) is 11.1 Å². The Hall–Kier alpha value is -1.59. The van der Waals surface area contributed by atoms with E-state index in [1.54, 1.807) is 12.3 Å². The second-order valence-corrected chi connectivity index (χ2v) is 5.92. The summed E-state index contributed by atoms with van der Waals surface area (Å²) in [6, 6.07) is 9.90. The third kappa shape index (κ3) is 2.27. The van der Waals surface area contributed by atoms with Gasteiger partial charge in [0, 0.05) is 10.7 Å². The fourth-order valence-electron chi connectivity index (χ4n) is 2.27. The SMILES string of the molecule is CC(c1cccc(Br)c1)n1c(N)nc2cc(Cl)cnc21. The number of imidazole rings is 1. The normalized spacial score (nSPS) is 12.8. The Bertz CT molecular complexity index is 784. The van der Waals surface area contributed by atoms with Gasteiger partial charge in [0.25, 0.3) is 0 Å². The van der Waals surface area contributed by atoms with Crippen molar-refractivity contribution in [2.24, 2.45) is 0 Å². The summed E-state index contributed by atoms with van der Waals surface area (Å²) in [4.78, 5) is 8.67. The highest BCUT2D eigenvalue weighted by atomic mass is 79.9. The van der Waals surface area contributed by atoms with Gasteiger partial charge in [0.15, 0.2) is 5.65 Å². The molecule has 0 aliphatic heterocycles. The third-order valence-electron chi connectivity index (χ3n) is 3.24. The lowest BCUT2D eigenvalue weighted by molar-refractivity contribution is 0.662. The van der Waals surface area contributed by atoms with E-state index in [1.807, 2.05) is 16.7 Å². The average Bonchev–Trinajstić information content (AvgIpc) is 2.73. The number of halogens is 2. The summed E-state index contributed by atoms with van der Waals surface area (Å²) < 4.78 is 2.94. The molecular formula is C14H12BrClN4. The quantitative estimate of drug-likeness (QED) is 0.758. The summed E-state index contributed by atoms with van der Waals surface area (Å²) in [7, 11) is 0. The monoisotopic (exact) mass is 350 g/mol. The largest absolute Gasteiger partial charge is 0.369 e. The van der Waals surface area contributed by atoms with E-state index in [-0.39, 0.29) is 6.04 Å². The highest BCUT2D eigenvalue weighted by molar-refractivity contribution is 9.10. The third-order valence-corrected chi connectivity index (χ3v) is 3.94. The lowest BCUT2D eigenvalue weighted by Gasteiger charge is -2.16. The number of nitrogen functional groups attached to an aromatic ring is 1. The van der Waals surface area contributed by atoms with Gasteiger partial charge in [-0.1, -0.05) is 39.7 Å². The Morgan fingerprint density at radius 2 is 2.15 bits per heavy atom. The molecule has 6 heteroatoms. The van der Waals surface area contributed by atoms with Gasteiger partial charge in [-0.05, 0) is 30.7 Å². The standard InChI is InChI=1S/C14H12BrClN4/c1-8(9-3-2-4-10(15)5-9)20-13-12(19-14(20)17)6-11(16)7-18-13/h2-8H,1H3,(H2,17,19). The van der Waals surface area contributed by atoms with E-state index in [0.29, 0.717) is 16.5 Å². The Morgan fingerprint density at radius 3 is 2.90 bits per heavy atom. The molecule has 3 rings (SSSR count). The molecule has 2 aromatic heterocycles. The van der Waals surface area contributed by atoms with Crippen LogP contribution in [-0.2, 0) is 0 Å². The van der Waals surface area contributed by atoms with Gasteiger partial charge in [-0.2, -0.15) is 0 Å². The molecule has 20 heavy (non-hydrogen) atoms. The number of anilines is 1. The maximum absolute atomic E-state index is 6.04. The molecular weight excluding hydrogens is 340 g/mol.